The van der Waals surface area contributed by atoms with Crippen molar-refractivity contribution in [2.45, 2.75) is 17.9 Å². The second kappa shape index (κ2) is 6.65. The van der Waals surface area contributed by atoms with Gasteiger partial charge in [0.25, 0.3) is 5.91 Å². The summed E-state index contributed by atoms with van der Waals surface area (Å²) < 4.78 is 33.2. The highest BCUT2D eigenvalue weighted by Gasteiger charge is 2.12. The highest BCUT2D eigenvalue weighted by molar-refractivity contribution is 7.90. The highest BCUT2D eigenvalue weighted by Crippen LogP contribution is 2.16. The quantitative estimate of drug-likeness (QED) is 0.878. The highest BCUT2D eigenvalue weighted by atomic mass is 32.2. The lowest BCUT2D eigenvalue weighted by molar-refractivity contribution is -0.123. The van der Waals surface area contributed by atoms with E-state index >= 15 is 0 Å². The first kappa shape index (κ1) is 16.1. The van der Waals surface area contributed by atoms with E-state index in [-0.39, 0.29) is 23.5 Å². The number of hydrogen-bond acceptors (Lipinski definition) is 5. The molecule has 2 aromatic rings. The number of ether oxygens (including phenoxy) is 1. The number of sulfone groups is 1. The van der Waals surface area contributed by atoms with Gasteiger partial charge in [-0.15, -0.1) is 0 Å². The van der Waals surface area contributed by atoms with Crippen LogP contribution < -0.4 is 10.1 Å². The molecule has 118 valence electrons. The summed E-state index contributed by atoms with van der Waals surface area (Å²) in [4.78, 5) is 12.0. The van der Waals surface area contributed by atoms with Gasteiger partial charge in [-0.05, 0) is 43.3 Å². The lowest BCUT2D eigenvalue weighted by atomic mass is 10.2. The molecule has 0 fully saturated rings. The summed E-state index contributed by atoms with van der Waals surface area (Å²) in [6.07, 6.45) is 2.67. The molecule has 6 nitrogen and oxygen atoms in total. The summed E-state index contributed by atoms with van der Waals surface area (Å²) in [5, 5.41) is 2.73. The molecule has 0 radical (unpaired) electrons. The minimum Gasteiger partial charge on any atom is -0.484 e. The molecule has 0 aliphatic heterocycles. The van der Waals surface area contributed by atoms with Gasteiger partial charge < -0.3 is 14.5 Å². The fraction of sp³-hybridized carbons (Fsp3) is 0.267. The van der Waals surface area contributed by atoms with Gasteiger partial charge in [-0.2, -0.15) is 0 Å². The summed E-state index contributed by atoms with van der Waals surface area (Å²) in [7, 11) is -3.24. The summed E-state index contributed by atoms with van der Waals surface area (Å²) in [6.45, 7) is 1.64. The fourth-order valence-electron chi connectivity index (χ4n) is 1.82. The van der Waals surface area contributed by atoms with Gasteiger partial charge in [0.15, 0.2) is 16.4 Å². The van der Waals surface area contributed by atoms with Crippen molar-refractivity contribution in [1.29, 1.82) is 0 Å². The number of benzene rings is 1. The number of amides is 1. The zero-order valence-corrected chi connectivity index (χ0v) is 13.1. The van der Waals surface area contributed by atoms with Crippen LogP contribution in [0.15, 0.2) is 52.0 Å². The maximum absolute atomic E-state index is 11.8. The van der Waals surface area contributed by atoms with Crippen molar-refractivity contribution in [3.63, 3.8) is 0 Å². The van der Waals surface area contributed by atoms with Crippen molar-refractivity contribution in [2.24, 2.45) is 0 Å². The van der Waals surface area contributed by atoms with Crippen LogP contribution in [0.25, 0.3) is 0 Å². The van der Waals surface area contributed by atoms with Gasteiger partial charge >= 0.3 is 0 Å². The SMILES string of the molecule is CC(NC(=O)COc1ccc(S(C)(=O)=O)cc1)c1ccco1. The maximum atomic E-state index is 11.8. The Bertz CT molecular complexity index is 720. The molecule has 7 heteroatoms. The average Bonchev–Trinajstić information content (AvgIpc) is 2.99. The Morgan fingerprint density at radius 1 is 1.27 bits per heavy atom. The van der Waals surface area contributed by atoms with Crippen LogP contribution in [-0.4, -0.2) is 27.2 Å². The molecule has 0 aliphatic rings. The molecular formula is C15H17NO5S. The third kappa shape index (κ3) is 4.36. The number of carbonyl (C=O) groups is 1. The van der Waals surface area contributed by atoms with Crippen LogP contribution in [0.2, 0.25) is 0 Å². The summed E-state index contributed by atoms with van der Waals surface area (Å²) in [5.41, 5.74) is 0. The molecule has 1 amide bonds. The van der Waals surface area contributed by atoms with Gasteiger partial charge in [-0.3, -0.25) is 4.79 Å². The predicted molar refractivity (Wildman–Crippen MR) is 80.3 cm³/mol. The first-order valence-electron chi connectivity index (χ1n) is 6.62. The first-order chi connectivity index (χ1) is 10.4. The molecular weight excluding hydrogens is 306 g/mol. The van der Waals surface area contributed by atoms with Crippen molar-refractivity contribution in [3.8, 4) is 5.75 Å². The van der Waals surface area contributed by atoms with Crippen LogP contribution in [0.3, 0.4) is 0 Å². The Morgan fingerprint density at radius 3 is 2.50 bits per heavy atom. The second-order valence-electron chi connectivity index (χ2n) is 4.84. The largest absolute Gasteiger partial charge is 0.484 e. The van der Waals surface area contributed by atoms with Crippen LogP contribution >= 0.6 is 0 Å². The van der Waals surface area contributed by atoms with E-state index in [0.29, 0.717) is 11.5 Å². The Morgan fingerprint density at radius 2 is 1.95 bits per heavy atom. The first-order valence-corrected chi connectivity index (χ1v) is 8.51. The average molecular weight is 323 g/mol. The van der Waals surface area contributed by atoms with Crippen molar-refractivity contribution in [3.05, 3.63) is 48.4 Å². The van der Waals surface area contributed by atoms with Gasteiger partial charge in [0.1, 0.15) is 11.5 Å². The number of hydrogen-bond donors (Lipinski definition) is 1. The fourth-order valence-corrected chi connectivity index (χ4v) is 2.45. The molecule has 2 rings (SSSR count). The molecule has 0 saturated carbocycles. The van der Waals surface area contributed by atoms with E-state index < -0.39 is 9.84 Å². The van der Waals surface area contributed by atoms with Gasteiger partial charge in [-0.1, -0.05) is 0 Å². The van der Waals surface area contributed by atoms with Gasteiger partial charge in [-0.25, -0.2) is 8.42 Å². The number of nitrogens with one attached hydrogen (secondary N) is 1. The summed E-state index contributed by atoms with van der Waals surface area (Å²) >= 11 is 0. The van der Waals surface area contributed by atoms with E-state index in [4.69, 9.17) is 9.15 Å². The summed E-state index contributed by atoms with van der Waals surface area (Å²) in [6, 6.07) is 9.17. The third-order valence-electron chi connectivity index (χ3n) is 2.97. The minimum absolute atomic E-state index is 0.163. The minimum atomic E-state index is -3.24. The molecule has 0 saturated heterocycles. The van der Waals surface area contributed by atoms with E-state index in [9.17, 15) is 13.2 Å². The van der Waals surface area contributed by atoms with Gasteiger partial charge in [0.05, 0.1) is 17.2 Å². The number of furan rings is 1. The van der Waals surface area contributed by atoms with Gasteiger partial charge in [0.2, 0.25) is 0 Å². The zero-order valence-electron chi connectivity index (χ0n) is 12.3. The zero-order chi connectivity index (χ0) is 16.2. The third-order valence-corrected chi connectivity index (χ3v) is 4.10. The Balaban J connectivity index is 1.86. The molecule has 1 unspecified atom stereocenters. The predicted octanol–water partition coefficient (Wildman–Crippen LogP) is 1.94. The van der Waals surface area contributed by atoms with Crippen molar-refractivity contribution in [2.75, 3.05) is 12.9 Å². The molecule has 1 aromatic carbocycles. The van der Waals surface area contributed by atoms with Crippen LogP contribution in [0.5, 0.6) is 5.75 Å². The lowest BCUT2D eigenvalue weighted by Gasteiger charge is -2.12. The van der Waals surface area contributed by atoms with Crippen LogP contribution in [0.1, 0.15) is 18.7 Å². The van der Waals surface area contributed by atoms with E-state index in [0.717, 1.165) is 6.26 Å². The molecule has 0 bridgehead atoms. The molecule has 0 aliphatic carbocycles. The van der Waals surface area contributed by atoms with Gasteiger partial charge in [0, 0.05) is 6.26 Å². The smallest absolute Gasteiger partial charge is 0.258 e. The molecule has 1 atom stereocenters. The Labute approximate surface area is 129 Å². The Hall–Kier alpha value is -2.28. The van der Waals surface area contributed by atoms with Crippen molar-refractivity contribution < 1.29 is 22.4 Å². The summed E-state index contributed by atoms with van der Waals surface area (Å²) in [5.74, 6) is 0.787. The number of rotatable bonds is 6. The van der Waals surface area contributed by atoms with E-state index in [2.05, 4.69) is 5.32 Å². The van der Waals surface area contributed by atoms with E-state index in [1.165, 1.54) is 30.5 Å². The van der Waals surface area contributed by atoms with E-state index in [1.807, 2.05) is 0 Å². The normalized spacial score (nSPS) is 12.6. The monoisotopic (exact) mass is 323 g/mol. The van der Waals surface area contributed by atoms with Crippen LogP contribution in [0, 0.1) is 0 Å². The Kier molecular flexibility index (Phi) is 4.87. The number of carbonyl (C=O) groups excluding carboxylic acids is 1. The molecule has 22 heavy (non-hydrogen) atoms. The molecule has 1 heterocycles. The van der Waals surface area contributed by atoms with Crippen molar-refractivity contribution >= 4 is 15.7 Å². The molecule has 0 spiro atoms. The van der Waals surface area contributed by atoms with Crippen LogP contribution in [-0.2, 0) is 14.6 Å². The van der Waals surface area contributed by atoms with E-state index in [1.54, 1.807) is 19.1 Å². The molecule has 1 N–H and O–H groups in total. The lowest BCUT2D eigenvalue weighted by Crippen LogP contribution is -2.31. The standard InChI is InChI=1S/C15H17NO5S/c1-11(14-4-3-9-20-14)16-15(17)10-21-12-5-7-13(8-6-12)22(2,18)19/h3-9,11H,10H2,1-2H3,(H,16,17). The van der Waals surface area contributed by atoms with Crippen LogP contribution in [0.4, 0.5) is 0 Å². The van der Waals surface area contributed by atoms with Crippen molar-refractivity contribution in [1.82, 2.24) is 5.32 Å². The topological polar surface area (TPSA) is 85.6 Å². The second-order valence-corrected chi connectivity index (χ2v) is 6.85. The molecule has 1 aromatic heterocycles. The maximum Gasteiger partial charge on any atom is 0.258 e.